The van der Waals surface area contributed by atoms with E-state index in [0.717, 1.165) is 22.7 Å². The molecule has 3 rings (SSSR count). The monoisotopic (exact) mass is 379 g/mol. The van der Waals surface area contributed by atoms with Crippen LogP contribution in [0.3, 0.4) is 0 Å². The van der Waals surface area contributed by atoms with Crippen molar-refractivity contribution in [3.63, 3.8) is 0 Å². The predicted molar refractivity (Wildman–Crippen MR) is 93.8 cm³/mol. The molecule has 1 saturated heterocycles. The topological polar surface area (TPSA) is 79.4 Å². The molecule has 24 heavy (non-hydrogen) atoms. The van der Waals surface area contributed by atoms with Gasteiger partial charge in [0.25, 0.3) is 17.1 Å². The number of amides is 3. The van der Waals surface area contributed by atoms with Crippen LogP contribution >= 0.6 is 34.7 Å². The maximum atomic E-state index is 12.3. The molecule has 2 heterocycles. The number of rotatable bonds is 4. The molecule has 0 unspecified atom stereocenters. The van der Waals surface area contributed by atoms with Gasteiger partial charge in [0.05, 0.1) is 11.4 Å². The Hall–Kier alpha value is -2.16. The molecule has 6 nitrogen and oxygen atoms in total. The Morgan fingerprint density at radius 2 is 2.12 bits per heavy atom. The molecule has 1 aromatic carbocycles. The van der Waals surface area contributed by atoms with E-state index < -0.39 is 17.1 Å². The molecular weight excluding hydrogens is 370 g/mol. The number of thiazole rings is 1. The molecule has 1 aliphatic rings. The van der Waals surface area contributed by atoms with E-state index in [1.54, 1.807) is 35.8 Å². The fourth-order valence-corrected chi connectivity index (χ4v) is 3.52. The fourth-order valence-electron chi connectivity index (χ4n) is 1.98. The standard InChI is InChI=1S/C15H10ClN3O3S2/c16-10-4-2-1-3-9(10)8-19-13(21)11(24-15(19)22)7-12(20)18-14-17-5-6-23-14/h1-7H,8H2,(H,17,18,20). The first-order chi connectivity index (χ1) is 11.5. The van der Waals surface area contributed by atoms with Crippen LogP contribution in [0.15, 0.2) is 46.8 Å². The van der Waals surface area contributed by atoms with Gasteiger partial charge in [0.15, 0.2) is 5.13 Å². The lowest BCUT2D eigenvalue weighted by Crippen LogP contribution is -2.27. The average molecular weight is 380 g/mol. The Morgan fingerprint density at radius 3 is 2.83 bits per heavy atom. The van der Waals surface area contributed by atoms with E-state index in [1.165, 1.54) is 11.3 Å². The van der Waals surface area contributed by atoms with Gasteiger partial charge in [0.2, 0.25) is 0 Å². The van der Waals surface area contributed by atoms with E-state index >= 15 is 0 Å². The number of anilines is 1. The molecule has 1 N–H and O–H groups in total. The zero-order chi connectivity index (χ0) is 17.1. The molecular formula is C15H10ClN3O3S2. The normalized spacial score (nSPS) is 16.0. The third kappa shape index (κ3) is 3.66. The number of hydrogen-bond acceptors (Lipinski definition) is 6. The van der Waals surface area contributed by atoms with Crippen molar-refractivity contribution in [3.8, 4) is 0 Å². The Bertz CT molecular complexity index is 836. The zero-order valence-corrected chi connectivity index (χ0v) is 14.5. The van der Waals surface area contributed by atoms with Gasteiger partial charge in [-0.25, -0.2) is 4.98 Å². The number of carbonyl (C=O) groups excluding carboxylic acids is 3. The van der Waals surface area contributed by atoms with E-state index in [9.17, 15) is 14.4 Å². The summed E-state index contributed by atoms with van der Waals surface area (Å²) in [7, 11) is 0. The minimum atomic E-state index is -0.515. The molecule has 1 fully saturated rings. The second-order valence-electron chi connectivity index (χ2n) is 4.69. The van der Waals surface area contributed by atoms with Crippen molar-refractivity contribution in [2.75, 3.05) is 5.32 Å². The smallest absolute Gasteiger partial charge is 0.293 e. The maximum absolute atomic E-state index is 12.3. The lowest BCUT2D eigenvalue weighted by atomic mass is 10.2. The van der Waals surface area contributed by atoms with E-state index in [0.29, 0.717) is 15.7 Å². The summed E-state index contributed by atoms with van der Waals surface area (Å²) in [6.45, 7) is 0.0653. The molecule has 0 spiro atoms. The summed E-state index contributed by atoms with van der Waals surface area (Å²) in [6.07, 6.45) is 2.66. The summed E-state index contributed by atoms with van der Waals surface area (Å²) >= 11 is 8.04. The van der Waals surface area contributed by atoms with Gasteiger partial charge in [0, 0.05) is 22.7 Å². The van der Waals surface area contributed by atoms with Gasteiger partial charge in [-0.05, 0) is 23.4 Å². The van der Waals surface area contributed by atoms with Crippen LogP contribution in [-0.4, -0.2) is 26.9 Å². The van der Waals surface area contributed by atoms with Crippen LogP contribution in [0, 0.1) is 0 Å². The first-order valence-corrected chi connectivity index (χ1v) is 8.81. The quantitative estimate of drug-likeness (QED) is 0.822. The number of aromatic nitrogens is 1. The number of benzene rings is 1. The molecule has 0 bridgehead atoms. The molecule has 0 radical (unpaired) electrons. The fraction of sp³-hybridized carbons (Fsp3) is 0.0667. The number of nitrogens with one attached hydrogen (secondary N) is 1. The third-order valence-corrected chi connectivity index (χ3v) is 5.05. The van der Waals surface area contributed by atoms with Crippen molar-refractivity contribution in [2.45, 2.75) is 6.54 Å². The Kier molecular flexibility index (Phi) is 4.98. The maximum Gasteiger partial charge on any atom is 0.293 e. The van der Waals surface area contributed by atoms with Crippen LogP contribution in [0.4, 0.5) is 9.93 Å². The summed E-state index contributed by atoms with van der Waals surface area (Å²) in [5.41, 5.74) is 0.662. The highest BCUT2D eigenvalue weighted by molar-refractivity contribution is 8.18. The van der Waals surface area contributed by atoms with Crippen molar-refractivity contribution in [1.29, 1.82) is 0 Å². The molecule has 1 aromatic heterocycles. The number of nitrogens with zero attached hydrogens (tertiary/aromatic N) is 2. The van der Waals surface area contributed by atoms with Crippen LogP contribution in [0.1, 0.15) is 5.56 Å². The van der Waals surface area contributed by atoms with Gasteiger partial charge >= 0.3 is 0 Å². The molecule has 9 heteroatoms. The predicted octanol–water partition coefficient (Wildman–Crippen LogP) is 3.51. The molecule has 1 aliphatic heterocycles. The zero-order valence-electron chi connectivity index (χ0n) is 12.1. The Morgan fingerprint density at radius 1 is 1.33 bits per heavy atom. The second kappa shape index (κ2) is 7.16. The van der Waals surface area contributed by atoms with Crippen LogP contribution in [0.25, 0.3) is 0 Å². The molecule has 2 aromatic rings. The summed E-state index contributed by atoms with van der Waals surface area (Å²) in [5, 5.41) is 4.71. The lowest BCUT2D eigenvalue weighted by Gasteiger charge is -2.13. The summed E-state index contributed by atoms with van der Waals surface area (Å²) < 4.78 is 0. The third-order valence-electron chi connectivity index (χ3n) is 3.08. The SMILES string of the molecule is O=C(C=C1SC(=O)N(Cc2ccccc2Cl)C1=O)Nc1nccs1. The molecule has 0 atom stereocenters. The van der Waals surface area contributed by atoms with Crippen molar-refractivity contribution in [1.82, 2.24) is 9.88 Å². The minimum Gasteiger partial charge on any atom is -0.298 e. The van der Waals surface area contributed by atoms with Gasteiger partial charge in [0.1, 0.15) is 0 Å². The number of hydrogen-bond donors (Lipinski definition) is 1. The number of imide groups is 1. The van der Waals surface area contributed by atoms with Gasteiger partial charge in [-0.3, -0.25) is 24.6 Å². The number of thioether (sulfide) groups is 1. The van der Waals surface area contributed by atoms with Crippen molar-refractivity contribution >= 4 is 56.9 Å². The van der Waals surface area contributed by atoms with Crippen LogP contribution in [-0.2, 0) is 16.1 Å². The van der Waals surface area contributed by atoms with Crippen molar-refractivity contribution in [2.24, 2.45) is 0 Å². The second-order valence-corrected chi connectivity index (χ2v) is 6.98. The lowest BCUT2D eigenvalue weighted by molar-refractivity contribution is -0.123. The summed E-state index contributed by atoms with van der Waals surface area (Å²) in [6, 6.07) is 6.97. The average Bonchev–Trinajstić information content (AvgIpc) is 3.13. The minimum absolute atomic E-state index is 0.0653. The highest BCUT2D eigenvalue weighted by Crippen LogP contribution is 2.32. The Labute approximate surface area is 150 Å². The van der Waals surface area contributed by atoms with E-state index in [4.69, 9.17) is 11.6 Å². The summed E-state index contributed by atoms with van der Waals surface area (Å²) in [4.78, 5) is 41.4. The Balaban J connectivity index is 1.73. The highest BCUT2D eigenvalue weighted by Gasteiger charge is 2.35. The van der Waals surface area contributed by atoms with E-state index in [-0.39, 0.29) is 11.4 Å². The number of halogens is 1. The summed E-state index contributed by atoms with van der Waals surface area (Å²) in [5.74, 6) is -1.02. The number of carbonyl (C=O) groups is 3. The van der Waals surface area contributed by atoms with Crippen LogP contribution in [0.2, 0.25) is 5.02 Å². The largest absolute Gasteiger partial charge is 0.298 e. The van der Waals surface area contributed by atoms with Crippen LogP contribution in [0.5, 0.6) is 0 Å². The molecule has 0 aliphatic carbocycles. The van der Waals surface area contributed by atoms with Gasteiger partial charge in [-0.2, -0.15) is 0 Å². The molecule has 122 valence electrons. The highest BCUT2D eigenvalue weighted by atomic mass is 35.5. The van der Waals surface area contributed by atoms with E-state index in [2.05, 4.69) is 10.3 Å². The first-order valence-electron chi connectivity index (χ1n) is 6.74. The first kappa shape index (κ1) is 16.7. The van der Waals surface area contributed by atoms with Crippen molar-refractivity contribution in [3.05, 3.63) is 57.4 Å². The van der Waals surface area contributed by atoms with Gasteiger partial charge < -0.3 is 0 Å². The molecule has 3 amide bonds. The molecule has 0 saturated carbocycles. The van der Waals surface area contributed by atoms with Gasteiger partial charge in [-0.1, -0.05) is 29.8 Å². The van der Waals surface area contributed by atoms with Crippen molar-refractivity contribution < 1.29 is 14.4 Å². The van der Waals surface area contributed by atoms with E-state index in [1.807, 2.05) is 0 Å². The van der Waals surface area contributed by atoms with Gasteiger partial charge in [-0.15, -0.1) is 11.3 Å². The van der Waals surface area contributed by atoms with Crippen LogP contribution < -0.4 is 5.32 Å².